The molecule has 0 spiro atoms. The first-order valence-corrected chi connectivity index (χ1v) is 7.01. The van der Waals surface area contributed by atoms with Crippen LogP contribution in [-0.2, 0) is 6.54 Å². The molecule has 2 aromatic rings. The molecule has 1 saturated heterocycles. The predicted molar refractivity (Wildman–Crippen MR) is 77.6 cm³/mol. The smallest absolute Gasteiger partial charge is 0.0716 e. The van der Waals surface area contributed by atoms with Gasteiger partial charge in [0.2, 0.25) is 0 Å². The Morgan fingerprint density at radius 2 is 2.15 bits per heavy atom. The minimum Gasteiger partial charge on any atom is -0.391 e. The van der Waals surface area contributed by atoms with Crippen molar-refractivity contribution >= 4 is 0 Å². The van der Waals surface area contributed by atoms with E-state index in [1.54, 1.807) is 6.20 Å². The van der Waals surface area contributed by atoms with Crippen LogP contribution in [0.5, 0.6) is 0 Å². The van der Waals surface area contributed by atoms with Gasteiger partial charge in [-0.05, 0) is 23.8 Å². The van der Waals surface area contributed by atoms with Gasteiger partial charge in [0.15, 0.2) is 0 Å². The van der Waals surface area contributed by atoms with Crippen LogP contribution >= 0.6 is 0 Å². The van der Waals surface area contributed by atoms with Gasteiger partial charge >= 0.3 is 0 Å². The normalized spacial score (nSPS) is 22.2. The van der Waals surface area contributed by atoms with E-state index in [4.69, 9.17) is 0 Å². The van der Waals surface area contributed by atoms with E-state index in [1.165, 1.54) is 5.56 Å². The highest BCUT2D eigenvalue weighted by atomic mass is 16.3. The quantitative estimate of drug-likeness (QED) is 0.743. The number of hydrogen-bond acceptors (Lipinski definition) is 4. The van der Waals surface area contributed by atoms with Crippen molar-refractivity contribution in [2.45, 2.75) is 12.6 Å². The lowest BCUT2D eigenvalue weighted by Crippen LogP contribution is -2.30. The third-order valence-corrected chi connectivity index (χ3v) is 3.75. The minimum absolute atomic E-state index is 0.218. The Hall–Kier alpha value is -1.69. The summed E-state index contributed by atoms with van der Waals surface area (Å²) < 4.78 is 1.85. The van der Waals surface area contributed by atoms with Crippen molar-refractivity contribution in [2.24, 2.45) is 5.92 Å². The molecule has 1 aliphatic heterocycles. The average Bonchev–Trinajstić information content (AvgIpc) is 3.12. The minimum atomic E-state index is -0.218. The van der Waals surface area contributed by atoms with Crippen molar-refractivity contribution < 1.29 is 5.11 Å². The van der Waals surface area contributed by atoms with Crippen molar-refractivity contribution in [1.29, 1.82) is 0 Å². The second kappa shape index (κ2) is 6.17. The third kappa shape index (κ3) is 3.07. The standard InChI is InChI=1S/C15H20N4O/c20-15-11-17-10-13(15)9-16-8-12-2-4-14(5-3-12)19-7-1-6-18-19/h1-7,13,15-17,20H,8-11H2. The monoisotopic (exact) mass is 272 g/mol. The molecule has 5 heteroatoms. The Morgan fingerprint density at radius 3 is 2.80 bits per heavy atom. The molecule has 2 atom stereocenters. The lowest BCUT2D eigenvalue weighted by Gasteiger charge is -2.14. The van der Waals surface area contributed by atoms with E-state index < -0.39 is 0 Å². The second-order valence-corrected chi connectivity index (χ2v) is 5.23. The number of β-amino-alcohol motifs (C(OH)–C–C–N with tert-alkyl or cyclic N) is 1. The van der Waals surface area contributed by atoms with Crippen molar-refractivity contribution in [2.75, 3.05) is 19.6 Å². The zero-order valence-electron chi connectivity index (χ0n) is 11.4. The SMILES string of the molecule is OC1CNCC1CNCc1ccc(-n2cccn2)cc1. The van der Waals surface area contributed by atoms with Crippen LogP contribution in [0.4, 0.5) is 0 Å². The topological polar surface area (TPSA) is 62.1 Å². The summed E-state index contributed by atoms with van der Waals surface area (Å²) in [5.41, 5.74) is 2.30. The van der Waals surface area contributed by atoms with Crippen LogP contribution in [-0.4, -0.2) is 40.6 Å². The first-order chi connectivity index (χ1) is 9.83. The Labute approximate surface area is 118 Å². The number of nitrogens with zero attached hydrogens (tertiary/aromatic N) is 2. The van der Waals surface area contributed by atoms with Gasteiger partial charge in [0.05, 0.1) is 11.8 Å². The van der Waals surface area contributed by atoms with Gasteiger partial charge in [-0.2, -0.15) is 5.10 Å². The molecule has 0 aliphatic carbocycles. The number of aromatic nitrogens is 2. The Kier molecular flexibility index (Phi) is 4.11. The van der Waals surface area contributed by atoms with Gasteiger partial charge in [0.25, 0.3) is 0 Å². The number of aliphatic hydroxyl groups is 1. The van der Waals surface area contributed by atoms with Crippen LogP contribution in [0.3, 0.4) is 0 Å². The average molecular weight is 272 g/mol. The molecule has 20 heavy (non-hydrogen) atoms. The first kappa shape index (κ1) is 13.3. The summed E-state index contributed by atoms with van der Waals surface area (Å²) in [6.45, 7) is 3.27. The molecule has 1 aliphatic rings. The molecule has 1 fully saturated rings. The number of nitrogens with one attached hydrogen (secondary N) is 2. The van der Waals surface area contributed by atoms with Crippen LogP contribution in [0.25, 0.3) is 5.69 Å². The van der Waals surface area contributed by atoms with Crippen molar-refractivity contribution in [3.63, 3.8) is 0 Å². The summed E-state index contributed by atoms with van der Waals surface area (Å²) in [6, 6.07) is 10.3. The predicted octanol–water partition coefficient (Wildman–Crippen LogP) is 0.542. The van der Waals surface area contributed by atoms with Crippen molar-refractivity contribution in [3.05, 3.63) is 48.3 Å². The van der Waals surface area contributed by atoms with Gasteiger partial charge in [-0.3, -0.25) is 0 Å². The summed E-state index contributed by atoms with van der Waals surface area (Å²) >= 11 is 0. The molecule has 106 valence electrons. The number of hydrogen-bond donors (Lipinski definition) is 3. The molecular formula is C15H20N4O. The summed E-state index contributed by atoms with van der Waals surface area (Å²) in [7, 11) is 0. The lowest BCUT2D eigenvalue weighted by molar-refractivity contribution is 0.146. The van der Waals surface area contributed by atoms with Crippen LogP contribution in [0.1, 0.15) is 5.56 Å². The highest BCUT2D eigenvalue weighted by Gasteiger charge is 2.23. The Balaban J connectivity index is 1.51. The lowest BCUT2D eigenvalue weighted by atomic mass is 10.1. The summed E-state index contributed by atoms with van der Waals surface area (Å²) in [4.78, 5) is 0. The molecular weight excluding hydrogens is 252 g/mol. The molecule has 3 rings (SSSR count). The van der Waals surface area contributed by atoms with E-state index in [1.807, 2.05) is 16.9 Å². The van der Waals surface area contributed by atoms with Crippen molar-refractivity contribution in [1.82, 2.24) is 20.4 Å². The molecule has 1 aromatic heterocycles. The van der Waals surface area contributed by atoms with E-state index in [0.717, 1.165) is 25.3 Å². The maximum atomic E-state index is 9.72. The largest absolute Gasteiger partial charge is 0.391 e. The first-order valence-electron chi connectivity index (χ1n) is 7.01. The maximum absolute atomic E-state index is 9.72. The van der Waals surface area contributed by atoms with Crippen molar-refractivity contribution in [3.8, 4) is 5.69 Å². The van der Waals surface area contributed by atoms with Gasteiger partial charge in [-0.15, -0.1) is 0 Å². The summed E-state index contributed by atoms with van der Waals surface area (Å²) in [5, 5.41) is 20.5. The second-order valence-electron chi connectivity index (χ2n) is 5.23. The van der Waals surface area contributed by atoms with Crippen LogP contribution < -0.4 is 10.6 Å². The highest BCUT2D eigenvalue weighted by Crippen LogP contribution is 2.10. The van der Waals surface area contributed by atoms with Crippen LogP contribution in [0.2, 0.25) is 0 Å². The van der Waals surface area contributed by atoms with Gasteiger partial charge in [0, 0.05) is 44.5 Å². The fourth-order valence-corrected chi connectivity index (χ4v) is 2.52. The zero-order valence-corrected chi connectivity index (χ0v) is 11.4. The van der Waals surface area contributed by atoms with E-state index in [2.05, 4.69) is 40.0 Å². The summed E-state index contributed by atoms with van der Waals surface area (Å²) in [5.74, 6) is 0.318. The Morgan fingerprint density at radius 1 is 1.30 bits per heavy atom. The zero-order chi connectivity index (χ0) is 13.8. The van der Waals surface area contributed by atoms with E-state index >= 15 is 0 Å². The van der Waals surface area contributed by atoms with Gasteiger partial charge in [-0.25, -0.2) is 4.68 Å². The molecule has 0 radical (unpaired) electrons. The van der Waals surface area contributed by atoms with Gasteiger partial charge < -0.3 is 15.7 Å². The Bertz CT molecular complexity index is 523. The van der Waals surface area contributed by atoms with E-state index in [0.29, 0.717) is 12.5 Å². The van der Waals surface area contributed by atoms with Crippen LogP contribution in [0, 0.1) is 5.92 Å². The molecule has 0 bridgehead atoms. The highest BCUT2D eigenvalue weighted by molar-refractivity contribution is 5.33. The third-order valence-electron chi connectivity index (χ3n) is 3.75. The van der Waals surface area contributed by atoms with Gasteiger partial charge in [-0.1, -0.05) is 12.1 Å². The number of benzene rings is 1. The molecule has 2 unspecified atom stereocenters. The molecule has 1 aromatic carbocycles. The maximum Gasteiger partial charge on any atom is 0.0716 e. The molecule has 2 heterocycles. The van der Waals surface area contributed by atoms with E-state index in [-0.39, 0.29) is 6.10 Å². The fraction of sp³-hybridized carbons (Fsp3) is 0.400. The molecule has 3 N–H and O–H groups in total. The molecule has 0 saturated carbocycles. The molecule has 5 nitrogen and oxygen atoms in total. The fourth-order valence-electron chi connectivity index (χ4n) is 2.52. The number of rotatable bonds is 5. The molecule has 0 amide bonds. The van der Waals surface area contributed by atoms with Crippen LogP contribution in [0.15, 0.2) is 42.7 Å². The summed E-state index contributed by atoms with van der Waals surface area (Å²) in [6.07, 6.45) is 3.49. The van der Waals surface area contributed by atoms with E-state index in [9.17, 15) is 5.11 Å². The number of aliphatic hydroxyl groups excluding tert-OH is 1. The van der Waals surface area contributed by atoms with Gasteiger partial charge in [0.1, 0.15) is 0 Å².